The molecule has 3 heterocycles. The average Bonchev–Trinajstić information content (AvgIpc) is 2.88. The molecule has 8 heteroatoms. The zero-order chi connectivity index (χ0) is 15.9. The zero-order valence-electron chi connectivity index (χ0n) is 11.7. The maximum Gasteiger partial charge on any atom is 0.451 e. The van der Waals surface area contributed by atoms with E-state index in [0.717, 1.165) is 11.8 Å². The highest BCUT2D eigenvalue weighted by Gasteiger charge is 2.36. The van der Waals surface area contributed by atoms with Gasteiger partial charge in [-0.15, -0.1) is 0 Å². The predicted molar refractivity (Wildman–Crippen MR) is 71.2 cm³/mol. The van der Waals surface area contributed by atoms with Crippen LogP contribution in [0.25, 0.3) is 0 Å². The number of hydrogen-bond acceptors (Lipinski definition) is 3. The van der Waals surface area contributed by atoms with Crippen molar-refractivity contribution in [3.8, 4) is 0 Å². The van der Waals surface area contributed by atoms with Gasteiger partial charge in [-0.1, -0.05) is 0 Å². The molecule has 2 aromatic rings. The van der Waals surface area contributed by atoms with Crippen LogP contribution in [0, 0.1) is 0 Å². The molecule has 1 aliphatic heterocycles. The number of rotatable bonds is 1. The number of aromatic nitrogens is 3. The Hall–Kier alpha value is -2.38. The topological polar surface area (TPSA) is 61.9 Å². The van der Waals surface area contributed by atoms with Crippen LogP contribution in [-0.2, 0) is 12.6 Å². The van der Waals surface area contributed by atoms with E-state index in [9.17, 15) is 18.0 Å². The van der Waals surface area contributed by atoms with Crippen LogP contribution in [0.2, 0.25) is 0 Å². The van der Waals surface area contributed by atoms with E-state index in [2.05, 4.69) is 15.0 Å². The molecule has 0 bridgehead atoms. The van der Waals surface area contributed by atoms with Crippen LogP contribution < -0.4 is 0 Å². The fourth-order valence-electron chi connectivity index (χ4n) is 2.64. The summed E-state index contributed by atoms with van der Waals surface area (Å²) in [4.78, 5) is 23.5. The Morgan fingerprint density at radius 2 is 2.14 bits per heavy atom. The van der Waals surface area contributed by atoms with E-state index in [4.69, 9.17) is 0 Å². The Bertz CT molecular complexity index is 710. The fourth-order valence-corrected chi connectivity index (χ4v) is 2.64. The molecular formula is C14H13F3N4O. The maximum absolute atomic E-state index is 12.7. The molecule has 1 unspecified atom stereocenters. The van der Waals surface area contributed by atoms with E-state index in [-0.39, 0.29) is 17.5 Å². The maximum atomic E-state index is 12.7. The number of amides is 1. The predicted octanol–water partition coefficient (Wildman–Crippen LogP) is 2.24. The van der Waals surface area contributed by atoms with Crippen molar-refractivity contribution < 1.29 is 18.0 Å². The molecule has 116 valence electrons. The Labute approximate surface area is 124 Å². The third-order valence-electron chi connectivity index (χ3n) is 3.70. The molecular weight excluding hydrogens is 297 g/mol. The molecule has 22 heavy (non-hydrogen) atoms. The standard InChI is InChI=1S/C14H13F3N4O/c1-21-7-9(6-8-2-4-18-11(8)12(21)22)10-3-5-19-13(20-10)14(15,16)17/h2-5,9,18H,6-7H2,1H3. The number of hydrogen-bond donors (Lipinski definition) is 1. The first-order chi connectivity index (χ1) is 10.4. The van der Waals surface area contributed by atoms with Gasteiger partial charge in [-0.3, -0.25) is 4.79 Å². The lowest BCUT2D eigenvalue weighted by molar-refractivity contribution is -0.145. The summed E-state index contributed by atoms with van der Waals surface area (Å²) in [5.41, 5.74) is 1.55. The number of nitrogens with one attached hydrogen (secondary N) is 1. The van der Waals surface area contributed by atoms with Gasteiger partial charge in [0.15, 0.2) is 0 Å². The monoisotopic (exact) mass is 310 g/mol. The number of H-pyrrole nitrogens is 1. The molecule has 1 atom stereocenters. The van der Waals surface area contributed by atoms with E-state index in [1.54, 1.807) is 19.3 Å². The highest BCUT2D eigenvalue weighted by atomic mass is 19.4. The van der Waals surface area contributed by atoms with Crippen LogP contribution in [0.5, 0.6) is 0 Å². The molecule has 3 rings (SSSR count). The van der Waals surface area contributed by atoms with E-state index in [0.29, 0.717) is 18.7 Å². The summed E-state index contributed by atoms with van der Waals surface area (Å²) in [5, 5.41) is 0. The van der Waals surface area contributed by atoms with Crippen LogP contribution in [0.15, 0.2) is 24.5 Å². The summed E-state index contributed by atoms with van der Waals surface area (Å²) in [6.45, 7) is 0.301. The van der Waals surface area contributed by atoms with E-state index in [1.807, 2.05) is 0 Å². The van der Waals surface area contributed by atoms with Gasteiger partial charge in [0, 0.05) is 37.6 Å². The van der Waals surface area contributed by atoms with Gasteiger partial charge in [-0.2, -0.15) is 13.2 Å². The van der Waals surface area contributed by atoms with Crippen LogP contribution in [0.3, 0.4) is 0 Å². The second-order valence-electron chi connectivity index (χ2n) is 5.27. The number of carbonyl (C=O) groups is 1. The summed E-state index contributed by atoms with van der Waals surface area (Å²) in [6, 6.07) is 3.24. The van der Waals surface area contributed by atoms with Crippen molar-refractivity contribution in [1.29, 1.82) is 0 Å². The first-order valence-electron chi connectivity index (χ1n) is 6.68. The average molecular weight is 310 g/mol. The molecule has 1 amide bonds. The van der Waals surface area contributed by atoms with E-state index in [1.165, 1.54) is 11.0 Å². The number of alkyl halides is 3. The summed E-state index contributed by atoms with van der Waals surface area (Å²) >= 11 is 0. The minimum atomic E-state index is -4.58. The number of likely N-dealkylation sites (N-methyl/N-ethyl adjacent to an activating group) is 1. The SMILES string of the molecule is CN1CC(c2ccnc(C(F)(F)F)n2)Cc2cc[nH]c2C1=O. The summed E-state index contributed by atoms with van der Waals surface area (Å²) in [6.07, 6.45) is -1.37. The zero-order valence-corrected chi connectivity index (χ0v) is 11.7. The normalized spacial score (nSPS) is 19.0. The lowest BCUT2D eigenvalue weighted by Crippen LogP contribution is -2.30. The Kier molecular flexibility index (Phi) is 3.38. The second-order valence-corrected chi connectivity index (χ2v) is 5.27. The smallest absolute Gasteiger partial charge is 0.357 e. The van der Waals surface area contributed by atoms with Gasteiger partial charge < -0.3 is 9.88 Å². The van der Waals surface area contributed by atoms with Crippen molar-refractivity contribution >= 4 is 5.91 Å². The summed E-state index contributed by atoms with van der Waals surface area (Å²) in [5.74, 6) is -1.64. The largest absolute Gasteiger partial charge is 0.451 e. The third kappa shape index (κ3) is 2.56. The number of aromatic amines is 1. The van der Waals surface area contributed by atoms with Gasteiger partial charge >= 0.3 is 6.18 Å². The van der Waals surface area contributed by atoms with Crippen molar-refractivity contribution in [2.24, 2.45) is 0 Å². The molecule has 1 N–H and O–H groups in total. The van der Waals surface area contributed by atoms with Gasteiger partial charge in [-0.05, 0) is 24.1 Å². The molecule has 0 fully saturated rings. The fraction of sp³-hybridized carbons (Fsp3) is 0.357. The Morgan fingerprint density at radius 1 is 1.36 bits per heavy atom. The van der Waals surface area contributed by atoms with Gasteiger partial charge in [0.1, 0.15) is 5.69 Å². The quantitative estimate of drug-likeness (QED) is 0.878. The molecule has 0 spiro atoms. The van der Waals surface area contributed by atoms with Gasteiger partial charge in [0.2, 0.25) is 5.82 Å². The van der Waals surface area contributed by atoms with Crippen molar-refractivity contribution in [2.75, 3.05) is 13.6 Å². The molecule has 1 aliphatic rings. The van der Waals surface area contributed by atoms with Crippen LogP contribution in [-0.4, -0.2) is 39.4 Å². The van der Waals surface area contributed by atoms with Crippen molar-refractivity contribution in [1.82, 2.24) is 19.9 Å². The second kappa shape index (κ2) is 5.11. The summed E-state index contributed by atoms with van der Waals surface area (Å²) < 4.78 is 38.2. The lowest BCUT2D eigenvalue weighted by Gasteiger charge is -2.20. The first-order valence-corrected chi connectivity index (χ1v) is 6.68. The number of carbonyl (C=O) groups excluding carboxylic acids is 1. The van der Waals surface area contributed by atoms with Gasteiger partial charge in [-0.25, -0.2) is 9.97 Å². The highest BCUT2D eigenvalue weighted by Crippen LogP contribution is 2.30. The third-order valence-corrected chi connectivity index (χ3v) is 3.70. The molecule has 5 nitrogen and oxygen atoms in total. The first kappa shape index (κ1) is 14.6. The Morgan fingerprint density at radius 3 is 2.86 bits per heavy atom. The Balaban J connectivity index is 1.98. The van der Waals surface area contributed by atoms with Crippen molar-refractivity contribution in [3.63, 3.8) is 0 Å². The minimum Gasteiger partial charge on any atom is -0.357 e. The molecule has 0 saturated heterocycles. The number of nitrogens with zero attached hydrogens (tertiary/aromatic N) is 3. The van der Waals surface area contributed by atoms with Crippen molar-refractivity contribution in [3.05, 3.63) is 47.3 Å². The highest BCUT2D eigenvalue weighted by molar-refractivity contribution is 5.94. The minimum absolute atomic E-state index is 0.174. The van der Waals surface area contributed by atoms with Gasteiger partial charge in [0.25, 0.3) is 5.91 Å². The molecule has 0 radical (unpaired) electrons. The molecule has 2 aromatic heterocycles. The van der Waals surface area contributed by atoms with Gasteiger partial charge in [0.05, 0.1) is 0 Å². The van der Waals surface area contributed by atoms with E-state index >= 15 is 0 Å². The molecule has 0 saturated carbocycles. The molecule has 0 aromatic carbocycles. The number of fused-ring (bicyclic) bond motifs is 1. The molecule has 0 aliphatic carbocycles. The van der Waals surface area contributed by atoms with Crippen LogP contribution in [0.4, 0.5) is 13.2 Å². The van der Waals surface area contributed by atoms with Crippen LogP contribution in [0.1, 0.15) is 33.5 Å². The summed E-state index contributed by atoms with van der Waals surface area (Å²) in [7, 11) is 1.62. The van der Waals surface area contributed by atoms with Crippen LogP contribution >= 0.6 is 0 Å². The van der Waals surface area contributed by atoms with E-state index < -0.39 is 12.0 Å². The lowest BCUT2D eigenvalue weighted by atomic mass is 9.97. The van der Waals surface area contributed by atoms with Crippen molar-refractivity contribution in [2.45, 2.75) is 18.5 Å². The number of halogens is 3.